The lowest BCUT2D eigenvalue weighted by Gasteiger charge is -2.29. The first kappa shape index (κ1) is 18.0. The Labute approximate surface area is 159 Å². The number of nitrogens with one attached hydrogen (secondary N) is 3. The third kappa shape index (κ3) is 3.57. The van der Waals surface area contributed by atoms with E-state index in [0.717, 1.165) is 5.56 Å². The number of allylic oxidation sites excluding steroid dienone is 1. The Bertz CT molecular complexity index is 924. The summed E-state index contributed by atoms with van der Waals surface area (Å²) >= 11 is 3.27. The molecule has 26 heavy (non-hydrogen) atoms. The Morgan fingerprint density at radius 1 is 1.19 bits per heavy atom. The van der Waals surface area contributed by atoms with Gasteiger partial charge in [0.15, 0.2) is 0 Å². The van der Waals surface area contributed by atoms with Crippen LogP contribution < -0.4 is 16.0 Å². The van der Waals surface area contributed by atoms with E-state index >= 15 is 0 Å². The summed E-state index contributed by atoms with van der Waals surface area (Å²) in [5.41, 5.74) is 3.22. The Morgan fingerprint density at radius 2 is 1.92 bits per heavy atom. The van der Waals surface area contributed by atoms with Crippen LogP contribution in [0.25, 0.3) is 0 Å². The number of halogens is 1. The molecule has 134 valence electrons. The minimum atomic E-state index is -0.635. The van der Waals surface area contributed by atoms with Crippen molar-refractivity contribution < 1.29 is 14.7 Å². The summed E-state index contributed by atoms with van der Waals surface area (Å²) in [7, 11) is 0. The summed E-state index contributed by atoms with van der Waals surface area (Å²) in [6.07, 6.45) is 0. The van der Waals surface area contributed by atoms with Gasteiger partial charge in [-0.1, -0.05) is 24.3 Å². The smallest absolute Gasteiger partial charge is 0.319 e. The van der Waals surface area contributed by atoms with Crippen molar-refractivity contribution in [3.05, 3.63) is 69.3 Å². The largest absolute Gasteiger partial charge is 0.507 e. The summed E-state index contributed by atoms with van der Waals surface area (Å²) in [4.78, 5) is 24.9. The molecule has 1 heterocycles. The van der Waals surface area contributed by atoms with E-state index in [1.54, 1.807) is 19.1 Å². The fraction of sp³-hybridized carbons (Fsp3) is 0.158. The second-order valence-corrected chi connectivity index (χ2v) is 6.90. The highest BCUT2D eigenvalue weighted by Gasteiger charge is 2.31. The van der Waals surface area contributed by atoms with Crippen molar-refractivity contribution in [2.45, 2.75) is 19.9 Å². The van der Waals surface area contributed by atoms with Crippen molar-refractivity contribution in [3.8, 4) is 5.75 Å². The quantitative estimate of drug-likeness (QED) is 0.615. The summed E-state index contributed by atoms with van der Waals surface area (Å²) < 4.78 is 0.485. The number of aryl methyl sites for hydroxylation is 1. The van der Waals surface area contributed by atoms with E-state index in [4.69, 9.17) is 0 Å². The molecule has 2 aromatic rings. The number of carbonyl (C=O) groups is 2. The van der Waals surface area contributed by atoms with Crippen LogP contribution in [0.5, 0.6) is 5.75 Å². The third-order valence-corrected chi connectivity index (χ3v) is 4.85. The molecular formula is C19H18BrN3O3. The highest BCUT2D eigenvalue weighted by atomic mass is 79.9. The number of urea groups is 1. The van der Waals surface area contributed by atoms with E-state index in [9.17, 15) is 14.7 Å². The zero-order valence-electron chi connectivity index (χ0n) is 14.3. The van der Waals surface area contributed by atoms with Crippen LogP contribution in [-0.2, 0) is 4.79 Å². The molecule has 6 nitrogen and oxygen atoms in total. The molecule has 0 bridgehead atoms. The van der Waals surface area contributed by atoms with Gasteiger partial charge in [-0.3, -0.25) is 4.79 Å². The summed E-state index contributed by atoms with van der Waals surface area (Å²) in [6, 6.07) is 11.3. The van der Waals surface area contributed by atoms with Crippen molar-refractivity contribution in [2.24, 2.45) is 0 Å². The van der Waals surface area contributed by atoms with E-state index in [0.29, 0.717) is 27.0 Å². The summed E-state index contributed by atoms with van der Waals surface area (Å²) in [6.45, 7) is 3.60. The summed E-state index contributed by atoms with van der Waals surface area (Å²) in [5.74, 6) is -0.223. The maximum absolute atomic E-state index is 13.0. The molecule has 1 aliphatic rings. The fourth-order valence-corrected chi connectivity index (χ4v) is 3.25. The van der Waals surface area contributed by atoms with Crippen LogP contribution in [0.3, 0.4) is 0 Å². The normalized spacial score (nSPS) is 16.7. The Morgan fingerprint density at radius 3 is 2.62 bits per heavy atom. The van der Waals surface area contributed by atoms with Crippen LogP contribution in [0, 0.1) is 6.92 Å². The molecule has 0 saturated heterocycles. The monoisotopic (exact) mass is 415 g/mol. The van der Waals surface area contributed by atoms with Crippen LogP contribution in [-0.4, -0.2) is 17.0 Å². The molecule has 1 aliphatic heterocycles. The SMILES string of the molecule is CC1=C(C(=O)Nc2ccccc2C)[C@@H](c2ccc(O)c(Br)c2)NC(=O)N1. The standard InChI is InChI=1S/C19H18BrN3O3/c1-10-5-3-4-6-14(10)22-18(25)16-11(2)21-19(26)23-17(16)12-7-8-15(24)13(20)9-12/h3-9,17,24H,1-2H3,(H,22,25)(H2,21,23,26)/t17-/m1/s1. The highest BCUT2D eigenvalue weighted by molar-refractivity contribution is 9.10. The van der Waals surface area contributed by atoms with Gasteiger partial charge in [0.2, 0.25) is 0 Å². The predicted molar refractivity (Wildman–Crippen MR) is 103 cm³/mol. The Kier molecular flexibility index (Phi) is 4.99. The van der Waals surface area contributed by atoms with Gasteiger partial charge in [0.1, 0.15) is 5.75 Å². The van der Waals surface area contributed by atoms with Crippen LogP contribution in [0.1, 0.15) is 24.1 Å². The van der Waals surface area contributed by atoms with Crippen molar-refractivity contribution >= 4 is 33.6 Å². The van der Waals surface area contributed by atoms with Gasteiger partial charge in [-0.2, -0.15) is 0 Å². The summed E-state index contributed by atoms with van der Waals surface area (Å²) in [5, 5.41) is 18.0. The molecule has 0 aromatic heterocycles. The van der Waals surface area contributed by atoms with Gasteiger partial charge in [0, 0.05) is 11.4 Å². The van der Waals surface area contributed by atoms with Gasteiger partial charge in [-0.25, -0.2) is 4.79 Å². The molecular weight excluding hydrogens is 398 g/mol. The van der Waals surface area contributed by atoms with E-state index in [-0.39, 0.29) is 17.7 Å². The van der Waals surface area contributed by atoms with Crippen molar-refractivity contribution in [3.63, 3.8) is 0 Å². The maximum Gasteiger partial charge on any atom is 0.319 e. The number of hydrogen-bond donors (Lipinski definition) is 4. The van der Waals surface area contributed by atoms with Gasteiger partial charge in [-0.15, -0.1) is 0 Å². The number of anilines is 1. The minimum Gasteiger partial charge on any atom is -0.507 e. The second-order valence-electron chi connectivity index (χ2n) is 6.05. The second kappa shape index (κ2) is 7.21. The number of phenols is 1. The molecule has 0 aliphatic carbocycles. The Hall–Kier alpha value is -2.80. The minimum absolute atomic E-state index is 0.0839. The van der Waals surface area contributed by atoms with E-state index in [1.807, 2.05) is 31.2 Å². The number of hydrogen-bond acceptors (Lipinski definition) is 3. The van der Waals surface area contributed by atoms with Gasteiger partial charge in [0.25, 0.3) is 5.91 Å². The topological polar surface area (TPSA) is 90.5 Å². The van der Waals surface area contributed by atoms with Crippen LogP contribution in [0.15, 0.2) is 58.2 Å². The maximum atomic E-state index is 13.0. The molecule has 0 radical (unpaired) electrons. The average molecular weight is 416 g/mol. The molecule has 1 atom stereocenters. The highest BCUT2D eigenvalue weighted by Crippen LogP contribution is 2.32. The van der Waals surface area contributed by atoms with Crippen molar-refractivity contribution in [1.82, 2.24) is 10.6 Å². The first-order chi connectivity index (χ1) is 12.4. The van der Waals surface area contributed by atoms with Crippen LogP contribution >= 0.6 is 15.9 Å². The Balaban J connectivity index is 1.99. The lowest BCUT2D eigenvalue weighted by atomic mass is 9.94. The number of amides is 3. The van der Waals surface area contributed by atoms with Crippen LogP contribution in [0.2, 0.25) is 0 Å². The molecule has 0 spiro atoms. The fourth-order valence-electron chi connectivity index (χ4n) is 2.85. The molecule has 0 saturated carbocycles. The van der Waals surface area contributed by atoms with Gasteiger partial charge < -0.3 is 21.1 Å². The van der Waals surface area contributed by atoms with E-state index in [1.165, 1.54) is 6.07 Å². The van der Waals surface area contributed by atoms with Crippen molar-refractivity contribution in [1.29, 1.82) is 0 Å². The number of phenolic OH excluding ortho intramolecular Hbond substituents is 1. The number of carbonyl (C=O) groups excluding carboxylic acids is 2. The zero-order chi connectivity index (χ0) is 18.8. The first-order valence-corrected chi connectivity index (χ1v) is 8.80. The molecule has 3 amide bonds. The van der Waals surface area contributed by atoms with Gasteiger partial charge >= 0.3 is 6.03 Å². The zero-order valence-corrected chi connectivity index (χ0v) is 15.8. The number of para-hydroxylation sites is 1. The number of aromatic hydroxyl groups is 1. The number of benzene rings is 2. The molecule has 0 fully saturated rings. The molecule has 4 N–H and O–H groups in total. The molecule has 2 aromatic carbocycles. The predicted octanol–water partition coefficient (Wildman–Crippen LogP) is 3.73. The lowest BCUT2D eigenvalue weighted by Crippen LogP contribution is -2.46. The lowest BCUT2D eigenvalue weighted by molar-refractivity contribution is -0.113. The molecule has 7 heteroatoms. The van der Waals surface area contributed by atoms with Gasteiger partial charge in [-0.05, 0) is 59.1 Å². The van der Waals surface area contributed by atoms with Crippen LogP contribution in [0.4, 0.5) is 10.5 Å². The van der Waals surface area contributed by atoms with E-state index < -0.39 is 6.04 Å². The molecule has 3 rings (SSSR count). The average Bonchev–Trinajstić information content (AvgIpc) is 2.58. The third-order valence-electron chi connectivity index (χ3n) is 4.21. The van der Waals surface area contributed by atoms with E-state index in [2.05, 4.69) is 31.9 Å². The molecule has 0 unspecified atom stereocenters. The first-order valence-electron chi connectivity index (χ1n) is 8.00. The van der Waals surface area contributed by atoms with Gasteiger partial charge in [0.05, 0.1) is 16.1 Å². The van der Waals surface area contributed by atoms with Crippen molar-refractivity contribution in [2.75, 3.05) is 5.32 Å². The number of rotatable bonds is 3.